The normalized spacial score (nSPS) is 11.8. The molecule has 0 saturated carbocycles. The van der Waals surface area contributed by atoms with Gasteiger partial charge in [-0.2, -0.15) is 0 Å². The van der Waals surface area contributed by atoms with E-state index < -0.39 is 0 Å². The van der Waals surface area contributed by atoms with Crippen molar-refractivity contribution in [3.05, 3.63) is 70.1 Å². The first-order valence-corrected chi connectivity index (χ1v) is 6.76. The molecular weight excluding hydrogens is 252 g/mol. The summed E-state index contributed by atoms with van der Waals surface area (Å²) in [5.41, 5.74) is 0.827. The molecule has 2 N–H and O–H groups in total. The van der Waals surface area contributed by atoms with Crippen molar-refractivity contribution in [2.45, 2.75) is 25.8 Å². The maximum Gasteiger partial charge on any atom is 0.260 e. The van der Waals surface area contributed by atoms with E-state index in [1.165, 1.54) is 12.3 Å². The minimum Gasteiger partial charge on any atom is -0.345 e. The summed E-state index contributed by atoms with van der Waals surface area (Å²) in [6, 6.07) is 12.9. The number of aromatic amines is 1. The minimum absolute atomic E-state index is 0.0756. The lowest BCUT2D eigenvalue weighted by molar-refractivity contribution is 0.0933. The molecule has 1 aromatic carbocycles. The number of carbonyl (C=O) groups excluding carboxylic acids is 1. The maximum atomic E-state index is 12.2. The topological polar surface area (TPSA) is 62.0 Å². The largest absolute Gasteiger partial charge is 0.345 e. The number of pyridine rings is 1. The number of nitrogens with one attached hydrogen (secondary N) is 2. The average molecular weight is 270 g/mol. The summed E-state index contributed by atoms with van der Waals surface area (Å²) in [5.74, 6) is -0.339. The fraction of sp³-hybridized carbons (Fsp3) is 0.250. The van der Waals surface area contributed by atoms with Crippen molar-refractivity contribution < 1.29 is 4.79 Å². The Morgan fingerprint density at radius 2 is 1.95 bits per heavy atom. The Morgan fingerprint density at radius 3 is 2.60 bits per heavy atom. The van der Waals surface area contributed by atoms with Crippen molar-refractivity contribution in [1.29, 1.82) is 0 Å². The quantitative estimate of drug-likeness (QED) is 0.877. The number of aromatic nitrogens is 1. The molecular formula is C16H18N2O2. The highest BCUT2D eigenvalue weighted by Crippen LogP contribution is 2.18. The van der Waals surface area contributed by atoms with Gasteiger partial charge < -0.3 is 10.3 Å². The summed E-state index contributed by atoms with van der Waals surface area (Å²) in [6.07, 6.45) is 3.30. The van der Waals surface area contributed by atoms with Crippen molar-refractivity contribution in [1.82, 2.24) is 10.3 Å². The lowest BCUT2D eigenvalue weighted by Crippen LogP contribution is -2.32. The highest BCUT2D eigenvalue weighted by atomic mass is 16.2. The van der Waals surface area contributed by atoms with Gasteiger partial charge in [-0.3, -0.25) is 9.59 Å². The van der Waals surface area contributed by atoms with Crippen molar-refractivity contribution in [3.8, 4) is 0 Å². The fourth-order valence-corrected chi connectivity index (χ4v) is 2.13. The second kappa shape index (κ2) is 6.70. The summed E-state index contributed by atoms with van der Waals surface area (Å²) >= 11 is 0. The highest BCUT2D eigenvalue weighted by Gasteiger charge is 2.16. The van der Waals surface area contributed by atoms with Crippen molar-refractivity contribution in [2.75, 3.05) is 0 Å². The first kappa shape index (κ1) is 14.1. The monoisotopic (exact) mass is 270 g/mol. The molecule has 0 radical (unpaired) electrons. The lowest BCUT2D eigenvalue weighted by Gasteiger charge is -2.18. The van der Waals surface area contributed by atoms with Crippen LogP contribution in [0.15, 0.2) is 53.5 Å². The third-order valence-electron chi connectivity index (χ3n) is 3.15. The Hall–Kier alpha value is -2.36. The van der Waals surface area contributed by atoms with Gasteiger partial charge in [0.1, 0.15) is 5.56 Å². The molecule has 2 aromatic rings. The zero-order chi connectivity index (χ0) is 14.4. The molecule has 0 aliphatic heterocycles. The van der Waals surface area contributed by atoms with Gasteiger partial charge in [0.15, 0.2) is 0 Å². The smallest absolute Gasteiger partial charge is 0.260 e. The number of amides is 1. The van der Waals surface area contributed by atoms with Crippen molar-refractivity contribution in [3.63, 3.8) is 0 Å². The first-order valence-electron chi connectivity index (χ1n) is 6.76. The van der Waals surface area contributed by atoms with E-state index in [0.717, 1.165) is 18.4 Å². The van der Waals surface area contributed by atoms with Crippen molar-refractivity contribution in [2.24, 2.45) is 0 Å². The number of carbonyl (C=O) groups is 1. The molecule has 1 atom stereocenters. The van der Waals surface area contributed by atoms with Crippen LogP contribution in [0.5, 0.6) is 0 Å². The van der Waals surface area contributed by atoms with Gasteiger partial charge in [-0.25, -0.2) is 0 Å². The van der Waals surface area contributed by atoms with Gasteiger partial charge in [0, 0.05) is 6.20 Å². The summed E-state index contributed by atoms with van der Waals surface area (Å²) in [5, 5.41) is 2.93. The van der Waals surface area contributed by atoms with E-state index in [0.29, 0.717) is 0 Å². The number of H-pyrrole nitrogens is 1. The summed E-state index contributed by atoms with van der Waals surface area (Å²) in [4.78, 5) is 26.3. The average Bonchev–Trinajstić information content (AvgIpc) is 2.48. The summed E-state index contributed by atoms with van der Waals surface area (Å²) in [7, 11) is 0. The van der Waals surface area contributed by atoms with Crippen LogP contribution in [-0.4, -0.2) is 10.9 Å². The maximum absolute atomic E-state index is 12.2. The van der Waals surface area contributed by atoms with Crippen LogP contribution in [0, 0.1) is 0 Å². The van der Waals surface area contributed by atoms with E-state index in [1.54, 1.807) is 6.07 Å². The van der Waals surface area contributed by atoms with Crippen LogP contribution in [0.2, 0.25) is 0 Å². The van der Waals surface area contributed by atoms with Crippen LogP contribution in [0.25, 0.3) is 0 Å². The molecule has 0 spiro atoms. The van der Waals surface area contributed by atoms with Crippen LogP contribution >= 0.6 is 0 Å². The first-order chi connectivity index (χ1) is 9.72. The molecule has 1 unspecified atom stereocenters. The van der Waals surface area contributed by atoms with E-state index in [4.69, 9.17) is 0 Å². The number of hydrogen-bond acceptors (Lipinski definition) is 2. The van der Waals surface area contributed by atoms with E-state index in [-0.39, 0.29) is 23.1 Å². The minimum atomic E-state index is -0.367. The van der Waals surface area contributed by atoms with Crippen LogP contribution in [0.3, 0.4) is 0 Å². The fourth-order valence-electron chi connectivity index (χ4n) is 2.13. The highest BCUT2D eigenvalue weighted by molar-refractivity contribution is 5.94. The van der Waals surface area contributed by atoms with Crippen molar-refractivity contribution >= 4 is 5.91 Å². The molecule has 20 heavy (non-hydrogen) atoms. The molecule has 4 nitrogen and oxygen atoms in total. The van der Waals surface area contributed by atoms with E-state index >= 15 is 0 Å². The van der Waals surface area contributed by atoms with Crippen LogP contribution in [-0.2, 0) is 0 Å². The van der Waals surface area contributed by atoms with E-state index in [9.17, 15) is 9.59 Å². The van der Waals surface area contributed by atoms with Crippen LogP contribution in [0.1, 0.15) is 41.7 Å². The Bertz CT molecular complexity index is 620. The van der Waals surface area contributed by atoms with Gasteiger partial charge in [0.05, 0.1) is 6.04 Å². The molecule has 2 rings (SSSR count). The molecule has 0 bridgehead atoms. The van der Waals surface area contributed by atoms with E-state index in [1.807, 2.05) is 30.3 Å². The van der Waals surface area contributed by atoms with Gasteiger partial charge in [0.25, 0.3) is 11.5 Å². The third-order valence-corrected chi connectivity index (χ3v) is 3.15. The molecule has 1 amide bonds. The Morgan fingerprint density at radius 1 is 1.20 bits per heavy atom. The van der Waals surface area contributed by atoms with Crippen LogP contribution < -0.4 is 10.9 Å². The number of hydrogen-bond donors (Lipinski definition) is 2. The molecule has 104 valence electrons. The molecule has 0 aliphatic rings. The second-order valence-electron chi connectivity index (χ2n) is 4.64. The molecule has 0 aliphatic carbocycles. The second-order valence-corrected chi connectivity index (χ2v) is 4.64. The van der Waals surface area contributed by atoms with E-state index in [2.05, 4.69) is 17.2 Å². The zero-order valence-electron chi connectivity index (χ0n) is 11.4. The standard InChI is InChI=1S/C16H18N2O2/c1-2-7-14(12-8-4-3-5-9-12)18-16(20)13-10-6-11-17-15(13)19/h3-6,8-11,14H,2,7H2,1H3,(H,17,19)(H,18,20). The molecule has 4 heteroatoms. The Kier molecular flexibility index (Phi) is 4.71. The molecule has 0 saturated heterocycles. The lowest BCUT2D eigenvalue weighted by atomic mass is 10.0. The third kappa shape index (κ3) is 3.35. The summed E-state index contributed by atoms with van der Waals surface area (Å²) in [6.45, 7) is 2.07. The SMILES string of the molecule is CCCC(NC(=O)c1ccc[nH]c1=O)c1ccccc1. The molecule has 0 fully saturated rings. The Balaban J connectivity index is 2.19. The zero-order valence-corrected chi connectivity index (χ0v) is 11.4. The van der Waals surface area contributed by atoms with Gasteiger partial charge >= 0.3 is 0 Å². The predicted octanol–water partition coefficient (Wildman–Crippen LogP) is 2.65. The summed E-state index contributed by atoms with van der Waals surface area (Å²) < 4.78 is 0. The van der Waals surface area contributed by atoms with Gasteiger partial charge in [-0.1, -0.05) is 43.7 Å². The van der Waals surface area contributed by atoms with Gasteiger partial charge in [-0.05, 0) is 24.1 Å². The molecule has 1 aromatic heterocycles. The Labute approximate surface area is 117 Å². The predicted molar refractivity (Wildman–Crippen MR) is 78.6 cm³/mol. The number of benzene rings is 1. The molecule has 1 heterocycles. The number of rotatable bonds is 5. The van der Waals surface area contributed by atoms with Gasteiger partial charge in [-0.15, -0.1) is 0 Å². The van der Waals surface area contributed by atoms with Gasteiger partial charge in [0.2, 0.25) is 0 Å². The van der Waals surface area contributed by atoms with Crippen LogP contribution in [0.4, 0.5) is 0 Å².